The van der Waals surface area contributed by atoms with Gasteiger partial charge in [0, 0.05) is 5.56 Å². The Morgan fingerprint density at radius 2 is 1.95 bits per heavy atom. The monoisotopic (exact) mass is 291 g/mol. The molecule has 1 rings (SSSR count). The molecular weight excluding hydrogens is 266 g/mol. The quantitative estimate of drug-likeness (QED) is 0.561. The van der Waals surface area contributed by atoms with E-state index in [1.807, 2.05) is 19.0 Å². The van der Waals surface area contributed by atoms with Crippen LogP contribution >= 0.6 is 0 Å². The van der Waals surface area contributed by atoms with Gasteiger partial charge in [-0.15, -0.1) is 0 Å². The number of allylic oxidation sites excluding steroid dienone is 1. The Hall–Kier alpha value is -1.65. The molecule has 4 nitrogen and oxygen atoms in total. The lowest BCUT2D eigenvalue weighted by Crippen LogP contribution is -2.35. The lowest BCUT2D eigenvalue weighted by Gasteiger charge is -2.22. The van der Waals surface area contributed by atoms with Crippen molar-refractivity contribution in [1.82, 2.24) is 4.90 Å². The minimum atomic E-state index is -0.156. The zero-order valence-corrected chi connectivity index (χ0v) is 13.1. The number of aliphatic hydroxyl groups is 1. The third kappa shape index (κ3) is 5.69. The third-order valence-corrected chi connectivity index (χ3v) is 3.19. The third-order valence-electron chi connectivity index (χ3n) is 3.19. The number of rotatable bonds is 9. The van der Waals surface area contributed by atoms with Crippen molar-refractivity contribution in [3.63, 3.8) is 0 Å². The van der Waals surface area contributed by atoms with Crippen LogP contribution < -0.4 is 4.74 Å². The number of Topliss-reactive ketones (excluding diaryl/α,β-unsaturated/α-hetero) is 1. The Morgan fingerprint density at radius 3 is 2.48 bits per heavy atom. The molecule has 0 bridgehead atoms. The van der Waals surface area contributed by atoms with Gasteiger partial charge < -0.3 is 9.84 Å². The molecule has 0 spiro atoms. The molecule has 1 atom stereocenters. The van der Waals surface area contributed by atoms with Gasteiger partial charge in [0.25, 0.3) is 0 Å². The van der Waals surface area contributed by atoms with Crippen LogP contribution in [0.3, 0.4) is 0 Å². The van der Waals surface area contributed by atoms with E-state index >= 15 is 0 Å². The summed E-state index contributed by atoms with van der Waals surface area (Å²) in [5.41, 5.74) is 0.676. The molecule has 4 heteroatoms. The molecule has 116 valence electrons. The van der Waals surface area contributed by atoms with Crippen molar-refractivity contribution < 1.29 is 14.6 Å². The summed E-state index contributed by atoms with van der Waals surface area (Å²) in [5.74, 6) is 0.766. The number of benzene rings is 1. The summed E-state index contributed by atoms with van der Waals surface area (Å²) in [5, 5.41) is 8.72. The summed E-state index contributed by atoms with van der Waals surface area (Å²) in [6.07, 6.45) is 5.82. The van der Waals surface area contributed by atoms with E-state index in [-0.39, 0.29) is 25.0 Å². The van der Waals surface area contributed by atoms with Crippen LogP contribution in [-0.2, 0) is 0 Å². The van der Waals surface area contributed by atoms with Gasteiger partial charge in [0.2, 0.25) is 0 Å². The van der Waals surface area contributed by atoms with E-state index in [0.29, 0.717) is 17.7 Å². The number of hydrogen-bond donors (Lipinski definition) is 1. The predicted molar refractivity (Wildman–Crippen MR) is 84.9 cm³/mol. The number of nitrogens with zero attached hydrogens (tertiary/aromatic N) is 1. The first-order valence-corrected chi connectivity index (χ1v) is 7.29. The largest absolute Gasteiger partial charge is 0.491 e. The van der Waals surface area contributed by atoms with Crippen LogP contribution in [0.4, 0.5) is 0 Å². The number of aliphatic hydroxyl groups excluding tert-OH is 1. The summed E-state index contributed by atoms with van der Waals surface area (Å²) in [4.78, 5) is 14.5. The SMILES string of the molecule is CCC=CCC(C(=O)c1ccc(OCCO)cc1)N(C)C. The van der Waals surface area contributed by atoms with E-state index in [2.05, 4.69) is 19.1 Å². The second kappa shape index (κ2) is 9.32. The minimum absolute atomic E-state index is 0.0207. The second-order valence-corrected chi connectivity index (χ2v) is 5.06. The first-order valence-electron chi connectivity index (χ1n) is 7.29. The smallest absolute Gasteiger partial charge is 0.180 e. The normalized spacial score (nSPS) is 12.8. The van der Waals surface area contributed by atoms with E-state index in [9.17, 15) is 4.79 Å². The average Bonchev–Trinajstić information content (AvgIpc) is 2.49. The van der Waals surface area contributed by atoms with E-state index in [4.69, 9.17) is 9.84 Å². The molecule has 0 saturated heterocycles. The molecule has 1 unspecified atom stereocenters. The van der Waals surface area contributed by atoms with Gasteiger partial charge in [0.05, 0.1) is 12.6 Å². The Kier molecular flexibility index (Phi) is 7.72. The van der Waals surface area contributed by atoms with Crippen molar-refractivity contribution in [2.45, 2.75) is 25.8 Å². The van der Waals surface area contributed by atoms with Gasteiger partial charge in [0.1, 0.15) is 12.4 Å². The maximum Gasteiger partial charge on any atom is 0.180 e. The molecule has 0 saturated carbocycles. The van der Waals surface area contributed by atoms with Gasteiger partial charge in [-0.3, -0.25) is 9.69 Å². The molecule has 0 fully saturated rings. The van der Waals surface area contributed by atoms with Gasteiger partial charge in [-0.05, 0) is 51.2 Å². The van der Waals surface area contributed by atoms with Crippen LogP contribution in [0.25, 0.3) is 0 Å². The number of likely N-dealkylation sites (N-methyl/N-ethyl adjacent to an activating group) is 1. The van der Waals surface area contributed by atoms with Crippen LogP contribution in [0.5, 0.6) is 5.75 Å². The van der Waals surface area contributed by atoms with Crippen LogP contribution in [-0.4, -0.2) is 49.1 Å². The van der Waals surface area contributed by atoms with Gasteiger partial charge in [-0.2, -0.15) is 0 Å². The molecule has 0 aliphatic carbocycles. The van der Waals surface area contributed by atoms with Gasteiger partial charge in [-0.25, -0.2) is 0 Å². The van der Waals surface area contributed by atoms with Crippen LogP contribution in [0.2, 0.25) is 0 Å². The van der Waals surface area contributed by atoms with Crippen molar-refractivity contribution in [3.8, 4) is 5.75 Å². The molecule has 1 aromatic carbocycles. The van der Waals surface area contributed by atoms with Gasteiger partial charge in [-0.1, -0.05) is 19.1 Å². The summed E-state index contributed by atoms with van der Waals surface area (Å²) in [7, 11) is 3.84. The number of ether oxygens (including phenoxy) is 1. The highest BCUT2D eigenvalue weighted by molar-refractivity contribution is 6.00. The van der Waals surface area contributed by atoms with E-state index in [1.54, 1.807) is 24.3 Å². The zero-order chi connectivity index (χ0) is 15.7. The second-order valence-electron chi connectivity index (χ2n) is 5.06. The van der Waals surface area contributed by atoms with Crippen molar-refractivity contribution in [3.05, 3.63) is 42.0 Å². The number of carbonyl (C=O) groups is 1. The molecule has 0 aromatic heterocycles. The molecule has 0 heterocycles. The maximum absolute atomic E-state index is 12.5. The van der Waals surface area contributed by atoms with E-state index < -0.39 is 0 Å². The van der Waals surface area contributed by atoms with Crippen molar-refractivity contribution >= 4 is 5.78 Å². The summed E-state index contributed by atoms with van der Waals surface area (Å²) in [6.45, 7) is 2.32. The number of ketones is 1. The van der Waals surface area contributed by atoms with Crippen LogP contribution in [0.1, 0.15) is 30.1 Å². The van der Waals surface area contributed by atoms with E-state index in [0.717, 1.165) is 6.42 Å². The Morgan fingerprint density at radius 1 is 1.29 bits per heavy atom. The Balaban J connectivity index is 2.76. The number of carbonyl (C=O) groups excluding carboxylic acids is 1. The standard InChI is InChI=1S/C17H25NO3/c1-4-5-6-7-16(18(2)3)17(20)14-8-10-15(11-9-14)21-13-12-19/h5-6,8-11,16,19H,4,7,12-13H2,1-3H3. The molecular formula is C17H25NO3. The van der Waals surface area contributed by atoms with Crippen LogP contribution in [0.15, 0.2) is 36.4 Å². The van der Waals surface area contributed by atoms with E-state index in [1.165, 1.54) is 0 Å². The first kappa shape index (κ1) is 17.4. The van der Waals surface area contributed by atoms with Crippen molar-refractivity contribution in [2.75, 3.05) is 27.3 Å². The van der Waals surface area contributed by atoms with Gasteiger partial charge >= 0.3 is 0 Å². The topological polar surface area (TPSA) is 49.8 Å². The fourth-order valence-corrected chi connectivity index (χ4v) is 2.02. The maximum atomic E-state index is 12.5. The first-order chi connectivity index (χ1) is 10.1. The molecule has 0 aliphatic heterocycles. The minimum Gasteiger partial charge on any atom is -0.491 e. The lowest BCUT2D eigenvalue weighted by molar-refractivity contribution is 0.0877. The Bertz CT molecular complexity index is 452. The average molecular weight is 291 g/mol. The lowest BCUT2D eigenvalue weighted by atomic mass is 10.0. The highest BCUT2D eigenvalue weighted by Crippen LogP contribution is 2.16. The predicted octanol–water partition coefficient (Wildman–Crippen LogP) is 2.53. The fourth-order valence-electron chi connectivity index (χ4n) is 2.02. The Labute approximate surface area is 127 Å². The molecule has 1 aromatic rings. The molecule has 0 radical (unpaired) electrons. The summed E-state index contributed by atoms with van der Waals surface area (Å²) in [6, 6.07) is 6.91. The highest BCUT2D eigenvalue weighted by Gasteiger charge is 2.20. The van der Waals surface area contributed by atoms with Crippen LogP contribution in [0, 0.1) is 0 Å². The fraction of sp³-hybridized carbons (Fsp3) is 0.471. The highest BCUT2D eigenvalue weighted by atomic mass is 16.5. The zero-order valence-electron chi connectivity index (χ0n) is 13.1. The van der Waals surface area contributed by atoms with Crippen molar-refractivity contribution in [1.29, 1.82) is 0 Å². The van der Waals surface area contributed by atoms with Crippen molar-refractivity contribution in [2.24, 2.45) is 0 Å². The summed E-state index contributed by atoms with van der Waals surface area (Å²) < 4.78 is 5.29. The molecule has 0 amide bonds. The molecule has 0 aliphatic rings. The number of hydrogen-bond acceptors (Lipinski definition) is 4. The van der Waals surface area contributed by atoms with Gasteiger partial charge in [0.15, 0.2) is 5.78 Å². The molecule has 21 heavy (non-hydrogen) atoms. The summed E-state index contributed by atoms with van der Waals surface area (Å²) >= 11 is 0. The molecule has 1 N–H and O–H groups in total.